The number of aryl methyl sites for hydroxylation is 1. The fourth-order valence-corrected chi connectivity index (χ4v) is 4.02. The predicted molar refractivity (Wildman–Crippen MR) is 99.4 cm³/mol. The third-order valence-corrected chi connectivity index (χ3v) is 5.17. The molecule has 0 heterocycles. The average molecular weight is 329 g/mol. The zero-order valence-corrected chi connectivity index (χ0v) is 13.8. The Morgan fingerprint density at radius 3 is 2.36 bits per heavy atom. The van der Waals surface area contributed by atoms with Gasteiger partial charge in [-0.25, -0.2) is 0 Å². The Morgan fingerprint density at radius 2 is 1.64 bits per heavy atom. The van der Waals surface area contributed by atoms with E-state index < -0.39 is 0 Å². The number of phenols is 1. The van der Waals surface area contributed by atoms with Gasteiger partial charge in [0.2, 0.25) is 0 Å². The first kappa shape index (κ1) is 15.6. The van der Waals surface area contributed by atoms with Gasteiger partial charge in [0.15, 0.2) is 0 Å². The molecule has 0 bridgehead atoms. The van der Waals surface area contributed by atoms with Gasteiger partial charge in [0, 0.05) is 5.92 Å². The zero-order chi connectivity index (χ0) is 17.2. The minimum atomic E-state index is 0.201. The summed E-state index contributed by atoms with van der Waals surface area (Å²) < 4.78 is 0. The van der Waals surface area contributed by atoms with Crippen molar-refractivity contribution in [1.29, 1.82) is 0 Å². The summed E-state index contributed by atoms with van der Waals surface area (Å²) in [5, 5.41) is 12.7. The summed E-state index contributed by atoms with van der Waals surface area (Å²) in [7, 11) is 0. The fraction of sp³-hybridized carbons (Fsp3) is 0.182. The van der Waals surface area contributed by atoms with E-state index in [-0.39, 0.29) is 11.7 Å². The van der Waals surface area contributed by atoms with Crippen LogP contribution in [0.15, 0.2) is 78.0 Å². The van der Waals surface area contributed by atoms with Gasteiger partial charge in [-0.15, -0.1) is 4.91 Å². The number of phenolic OH excluding ortho intramolecular Hbond substituents is 1. The summed E-state index contributed by atoms with van der Waals surface area (Å²) >= 11 is 0. The largest absolute Gasteiger partial charge is 0.508 e. The van der Waals surface area contributed by atoms with E-state index in [0.717, 1.165) is 12.8 Å². The lowest BCUT2D eigenvalue weighted by Crippen LogP contribution is -2.20. The van der Waals surface area contributed by atoms with Crippen LogP contribution in [0.3, 0.4) is 0 Å². The minimum Gasteiger partial charge on any atom is -0.508 e. The van der Waals surface area contributed by atoms with Gasteiger partial charge in [-0.3, -0.25) is 0 Å². The normalized spacial score (nSPS) is 19.2. The number of fused-ring (bicyclic) bond motifs is 1. The maximum atomic E-state index is 10.9. The van der Waals surface area contributed by atoms with Crippen LogP contribution in [-0.2, 0) is 6.42 Å². The summed E-state index contributed by atoms with van der Waals surface area (Å²) in [6.07, 6.45) is 1.96. The molecule has 0 spiro atoms. The van der Waals surface area contributed by atoms with Crippen LogP contribution in [0.4, 0.5) is 5.69 Å². The van der Waals surface area contributed by atoms with Crippen molar-refractivity contribution in [2.45, 2.75) is 24.7 Å². The van der Waals surface area contributed by atoms with Crippen LogP contribution in [0, 0.1) is 4.91 Å². The number of nitrogens with zero attached hydrogens (tertiary/aromatic N) is 1. The molecule has 2 atom stereocenters. The van der Waals surface area contributed by atoms with Crippen molar-refractivity contribution >= 4 is 5.69 Å². The van der Waals surface area contributed by atoms with Gasteiger partial charge < -0.3 is 5.11 Å². The summed E-state index contributed by atoms with van der Waals surface area (Å²) in [5.41, 5.74) is 5.44. The minimum absolute atomic E-state index is 0.201. The molecular formula is C22H19NO2. The van der Waals surface area contributed by atoms with Crippen LogP contribution >= 0.6 is 0 Å². The van der Waals surface area contributed by atoms with Crippen LogP contribution in [-0.4, -0.2) is 5.11 Å². The van der Waals surface area contributed by atoms with Crippen molar-refractivity contribution in [3.8, 4) is 5.75 Å². The molecular weight excluding hydrogens is 310 g/mol. The molecule has 2 unspecified atom stereocenters. The zero-order valence-electron chi connectivity index (χ0n) is 13.8. The summed E-state index contributed by atoms with van der Waals surface area (Å²) in [4.78, 5) is 10.9. The highest BCUT2D eigenvalue weighted by molar-refractivity contribution is 5.51. The second-order valence-electron chi connectivity index (χ2n) is 6.60. The molecule has 1 N–H and O–H groups in total. The van der Waals surface area contributed by atoms with Crippen molar-refractivity contribution < 1.29 is 5.11 Å². The third kappa shape index (κ3) is 2.93. The lowest BCUT2D eigenvalue weighted by molar-refractivity contribution is 0.474. The number of benzene rings is 3. The SMILES string of the molecule is O=Nc1ccc2c(c1)CCC(c1ccccc1)C2c1ccc(O)cc1. The summed E-state index contributed by atoms with van der Waals surface area (Å²) in [6, 6.07) is 23.8. The molecule has 3 heteroatoms. The fourth-order valence-electron chi connectivity index (χ4n) is 4.02. The maximum Gasteiger partial charge on any atom is 0.115 e. The van der Waals surface area contributed by atoms with E-state index in [1.807, 2.05) is 30.3 Å². The molecule has 3 nitrogen and oxygen atoms in total. The van der Waals surface area contributed by atoms with Crippen LogP contribution in [0.1, 0.15) is 40.5 Å². The Balaban J connectivity index is 1.85. The summed E-state index contributed by atoms with van der Waals surface area (Å²) in [6.45, 7) is 0. The van der Waals surface area contributed by atoms with E-state index in [1.54, 1.807) is 18.2 Å². The maximum absolute atomic E-state index is 10.9. The van der Waals surface area contributed by atoms with Crippen molar-refractivity contribution in [2.75, 3.05) is 0 Å². The number of rotatable bonds is 3. The van der Waals surface area contributed by atoms with Crippen LogP contribution in [0.25, 0.3) is 0 Å². The Morgan fingerprint density at radius 1 is 0.880 bits per heavy atom. The molecule has 0 fully saturated rings. The van der Waals surface area contributed by atoms with Gasteiger partial charge in [0.05, 0.1) is 0 Å². The predicted octanol–water partition coefficient (Wildman–Crippen LogP) is 5.65. The molecule has 25 heavy (non-hydrogen) atoms. The molecule has 0 aromatic heterocycles. The van der Waals surface area contributed by atoms with Crippen LogP contribution in [0.2, 0.25) is 0 Å². The first-order chi connectivity index (χ1) is 12.3. The third-order valence-electron chi connectivity index (χ3n) is 5.17. The lowest BCUT2D eigenvalue weighted by Gasteiger charge is -2.34. The number of aromatic hydroxyl groups is 1. The Kier molecular flexibility index (Phi) is 4.06. The number of nitroso groups, excluding NO2 is 1. The van der Waals surface area contributed by atoms with Gasteiger partial charge in [0.1, 0.15) is 11.4 Å². The second-order valence-corrected chi connectivity index (χ2v) is 6.60. The number of hydrogen-bond donors (Lipinski definition) is 1. The Labute approximate surface area is 146 Å². The van der Waals surface area contributed by atoms with E-state index in [9.17, 15) is 10.0 Å². The molecule has 3 aromatic rings. The highest BCUT2D eigenvalue weighted by Crippen LogP contribution is 2.47. The molecule has 1 aliphatic rings. The van der Waals surface area contributed by atoms with E-state index in [0.29, 0.717) is 11.6 Å². The van der Waals surface area contributed by atoms with Crippen molar-refractivity contribution in [3.05, 3.63) is 100.0 Å². The molecule has 4 rings (SSSR count). The first-order valence-electron chi connectivity index (χ1n) is 8.56. The molecule has 3 aromatic carbocycles. The monoisotopic (exact) mass is 329 g/mol. The topological polar surface area (TPSA) is 49.7 Å². The second kappa shape index (κ2) is 6.52. The molecule has 0 amide bonds. The van der Waals surface area contributed by atoms with E-state index >= 15 is 0 Å². The van der Waals surface area contributed by atoms with E-state index in [2.05, 4.69) is 29.4 Å². The smallest absolute Gasteiger partial charge is 0.115 e. The lowest BCUT2D eigenvalue weighted by atomic mass is 9.69. The quantitative estimate of drug-likeness (QED) is 0.631. The Bertz CT molecular complexity index is 888. The Hall–Kier alpha value is -2.94. The van der Waals surface area contributed by atoms with Crippen molar-refractivity contribution in [1.82, 2.24) is 0 Å². The van der Waals surface area contributed by atoms with Gasteiger partial charge in [-0.1, -0.05) is 48.5 Å². The first-order valence-corrected chi connectivity index (χ1v) is 8.56. The standard InChI is InChI=1S/C22H19NO2/c24-19-10-6-16(7-11-19)22-20(15-4-2-1-3-5-15)12-8-17-14-18(23-25)9-13-21(17)22/h1-7,9-11,13-14,20,22,24H,8,12H2. The van der Waals surface area contributed by atoms with E-state index in [4.69, 9.17) is 0 Å². The van der Waals surface area contributed by atoms with E-state index in [1.165, 1.54) is 22.3 Å². The van der Waals surface area contributed by atoms with Gasteiger partial charge in [-0.05, 0) is 70.5 Å². The molecule has 0 saturated heterocycles. The van der Waals surface area contributed by atoms with Gasteiger partial charge >= 0.3 is 0 Å². The van der Waals surface area contributed by atoms with Crippen molar-refractivity contribution in [3.63, 3.8) is 0 Å². The van der Waals surface area contributed by atoms with Crippen molar-refractivity contribution in [2.24, 2.45) is 5.18 Å². The molecule has 124 valence electrons. The summed E-state index contributed by atoms with van der Waals surface area (Å²) in [5.74, 6) is 0.845. The highest BCUT2D eigenvalue weighted by atomic mass is 16.3. The number of hydrogen-bond acceptors (Lipinski definition) is 3. The van der Waals surface area contributed by atoms with Gasteiger partial charge in [-0.2, -0.15) is 0 Å². The average Bonchev–Trinajstić information content (AvgIpc) is 2.68. The molecule has 0 saturated carbocycles. The molecule has 1 aliphatic carbocycles. The highest BCUT2D eigenvalue weighted by Gasteiger charge is 2.32. The van der Waals surface area contributed by atoms with Gasteiger partial charge in [0.25, 0.3) is 0 Å². The van der Waals surface area contributed by atoms with Crippen LogP contribution < -0.4 is 0 Å². The van der Waals surface area contributed by atoms with Crippen LogP contribution in [0.5, 0.6) is 5.75 Å². The molecule has 0 radical (unpaired) electrons. The molecule has 0 aliphatic heterocycles.